The van der Waals surface area contributed by atoms with Crippen molar-refractivity contribution >= 4 is 28.3 Å². The van der Waals surface area contributed by atoms with Gasteiger partial charge in [-0.15, -0.1) is 0 Å². The van der Waals surface area contributed by atoms with E-state index in [0.717, 1.165) is 12.8 Å². The topological polar surface area (TPSA) is 71.1 Å². The van der Waals surface area contributed by atoms with Crippen molar-refractivity contribution < 1.29 is 9.59 Å². The summed E-state index contributed by atoms with van der Waals surface area (Å²) >= 11 is 1.23. The zero-order valence-corrected chi connectivity index (χ0v) is 12.1. The van der Waals surface area contributed by atoms with Gasteiger partial charge in [-0.25, -0.2) is 4.98 Å². The molecule has 1 aromatic heterocycles. The van der Waals surface area contributed by atoms with Gasteiger partial charge in [0, 0.05) is 13.0 Å². The van der Waals surface area contributed by atoms with E-state index in [4.69, 9.17) is 0 Å². The fourth-order valence-electron chi connectivity index (χ4n) is 2.31. The van der Waals surface area contributed by atoms with Crippen molar-refractivity contribution in [3.63, 3.8) is 0 Å². The number of carbonyl (C=O) groups excluding carboxylic acids is 2. The van der Waals surface area contributed by atoms with E-state index in [2.05, 4.69) is 15.6 Å². The Morgan fingerprint density at radius 2 is 1.95 bits per heavy atom. The lowest BCUT2D eigenvalue weighted by Crippen LogP contribution is -2.36. The molecule has 1 aliphatic carbocycles. The van der Waals surface area contributed by atoms with E-state index >= 15 is 0 Å². The van der Waals surface area contributed by atoms with Gasteiger partial charge in [-0.2, -0.15) is 0 Å². The van der Waals surface area contributed by atoms with Gasteiger partial charge in [0.25, 0.3) is 5.91 Å². The second-order valence-electron chi connectivity index (χ2n) is 4.92. The van der Waals surface area contributed by atoms with E-state index in [1.807, 2.05) is 0 Å². The molecule has 104 valence electrons. The molecule has 0 aromatic carbocycles. The first kappa shape index (κ1) is 14.0. The number of thiazole rings is 1. The summed E-state index contributed by atoms with van der Waals surface area (Å²) in [5.74, 6) is -0.244. The number of anilines is 1. The highest BCUT2D eigenvalue weighted by Gasteiger charge is 2.20. The van der Waals surface area contributed by atoms with Gasteiger partial charge in [-0.3, -0.25) is 9.59 Å². The second-order valence-corrected chi connectivity index (χ2v) is 5.92. The highest BCUT2D eigenvalue weighted by molar-refractivity contribution is 7.17. The van der Waals surface area contributed by atoms with E-state index < -0.39 is 0 Å². The van der Waals surface area contributed by atoms with Crippen molar-refractivity contribution in [2.75, 3.05) is 5.32 Å². The summed E-state index contributed by atoms with van der Waals surface area (Å²) in [6.07, 6.45) is 5.75. The van der Waals surface area contributed by atoms with Crippen LogP contribution in [0.25, 0.3) is 0 Å². The van der Waals surface area contributed by atoms with Crippen molar-refractivity contribution in [1.29, 1.82) is 0 Å². The Labute approximate surface area is 116 Å². The molecule has 1 aliphatic rings. The summed E-state index contributed by atoms with van der Waals surface area (Å²) < 4.78 is 0. The van der Waals surface area contributed by atoms with Crippen LogP contribution in [0.4, 0.5) is 5.13 Å². The van der Waals surface area contributed by atoms with Crippen LogP contribution in [-0.2, 0) is 4.79 Å². The van der Waals surface area contributed by atoms with E-state index in [0.29, 0.717) is 15.7 Å². The van der Waals surface area contributed by atoms with Crippen LogP contribution in [0.5, 0.6) is 0 Å². The molecule has 19 heavy (non-hydrogen) atoms. The van der Waals surface area contributed by atoms with E-state index in [9.17, 15) is 9.59 Å². The molecule has 1 saturated carbocycles. The van der Waals surface area contributed by atoms with Crippen LogP contribution < -0.4 is 10.6 Å². The number of aromatic nitrogens is 1. The molecule has 1 fully saturated rings. The maximum Gasteiger partial charge on any atom is 0.263 e. The fraction of sp³-hybridized carbons (Fsp3) is 0.615. The fourth-order valence-corrected chi connectivity index (χ4v) is 3.22. The molecule has 2 amide bonds. The van der Waals surface area contributed by atoms with Crippen LogP contribution in [0, 0.1) is 6.92 Å². The Bertz CT molecular complexity index is 478. The number of nitrogens with one attached hydrogen (secondary N) is 2. The van der Waals surface area contributed by atoms with Gasteiger partial charge in [0.15, 0.2) is 5.13 Å². The Morgan fingerprint density at radius 1 is 1.26 bits per heavy atom. The molecule has 2 rings (SSSR count). The minimum atomic E-state index is -0.173. The normalized spacial score (nSPS) is 16.1. The third-order valence-corrected chi connectivity index (χ3v) is 4.30. The molecule has 0 radical (unpaired) electrons. The minimum Gasteiger partial charge on any atom is -0.349 e. The van der Waals surface area contributed by atoms with Crippen molar-refractivity contribution in [2.45, 2.75) is 52.0 Å². The lowest BCUT2D eigenvalue weighted by molar-refractivity contribution is -0.114. The van der Waals surface area contributed by atoms with Crippen LogP contribution in [0.15, 0.2) is 0 Å². The summed E-state index contributed by atoms with van der Waals surface area (Å²) in [6, 6.07) is 0.284. The number of hydrogen-bond acceptors (Lipinski definition) is 4. The highest BCUT2D eigenvalue weighted by atomic mass is 32.1. The zero-order chi connectivity index (χ0) is 13.8. The van der Waals surface area contributed by atoms with Crippen LogP contribution in [0.1, 0.15) is 54.4 Å². The van der Waals surface area contributed by atoms with Crippen LogP contribution >= 0.6 is 11.3 Å². The summed E-state index contributed by atoms with van der Waals surface area (Å²) in [7, 11) is 0. The van der Waals surface area contributed by atoms with Gasteiger partial charge in [-0.05, 0) is 19.8 Å². The summed E-state index contributed by atoms with van der Waals surface area (Å²) in [5, 5.41) is 6.16. The Hall–Kier alpha value is -1.43. The molecule has 1 heterocycles. The number of aryl methyl sites for hydroxylation is 1. The van der Waals surface area contributed by atoms with Gasteiger partial charge >= 0.3 is 0 Å². The molecule has 5 nitrogen and oxygen atoms in total. The van der Waals surface area contributed by atoms with Crippen molar-refractivity contribution in [3.05, 3.63) is 10.6 Å². The molecule has 0 spiro atoms. The van der Waals surface area contributed by atoms with E-state index in [1.54, 1.807) is 6.92 Å². The predicted molar refractivity (Wildman–Crippen MR) is 75.5 cm³/mol. The molecule has 0 saturated heterocycles. The van der Waals surface area contributed by atoms with E-state index in [1.165, 1.54) is 37.5 Å². The SMILES string of the molecule is CC(=O)Nc1nc(C)c(C(=O)NC2CCCCC2)s1. The number of carbonyl (C=O) groups is 2. The first-order chi connectivity index (χ1) is 9.06. The molecule has 0 unspecified atom stereocenters. The highest BCUT2D eigenvalue weighted by Crippen LogP contribution is 2.24. The number of hydrogen-bond donors (Lipinski definition) is 2. The standard InChI is InChI=1S/C13H19N3O2S/c1-8-11(19-13(14-8)15-9(2)17)12(18)16-10-6-4-3-5-7-10/h10H,3-7H2,1-2H3,(H,16,18)(H,14,15,17). The molecular weight excluding hydrogens is 262 g/mol. The Balaban J connectivity index is 2.01. The first-order valence-electron chi connectivity index (χ1n) is 6.62. The van der Waals surface area contributed by atoms with Crippen molar-refractivity contribution in [3.8, 4) is 0 Å². The average molecular weight is 281 g/mol. The second kappa shape index (κ2) is 6.14. The molecule has 0 bridgehead atoms. The number of amides is 2. The average Bonchev–Trinajstić information content (AvgIpc) is 2.70. The largest absolute Gasteiger partial charge is 0.349 e. The van der Waals surface area contributed by atoms with Gasteiger partial charge in [-0.1, -0.05) is 30.6 Å². The zero-order valence-electron chi connectivity index (χ0n) is 11.3. The Kier molecular flexibility index (Phi) is 4.52. The summed E-state index contributed by atoms with van der Waals surface area (Å²) in [5.41, 5.74) is 0.669. The minimum absolute atomic E-state index is 0.0708. The smallest absolute Gasteiger partial charge is 0.263 e. The molecular formula is C13H19N3O2S. The van der Waals surface area contributed by atoms with Crippen LogP contribution in [0.3, 0.4) is 0 Å². The maximum absolute atomic E-state index is 12.2. The lowest BCUT2D eigenvalue weighted by atomic mass is 9.95. The van der Waals surface area contributed by atoms with Gasteiger partial charge < -0.3 is 10.6 Å². The first-order valence-corrected chi connectivity index (χ1v) is 7.44. The van der Waals surface area contributed by atoms with Gasteiger partial charge in [0.2, 0.25) is 5.91 Å². The summed E-state index contributed by atoms with van der Waals surface area (Å²) in [4.78, 5) is 27.9. The third-order valence-electron chi connectivity index (χ3n) is 3.23. The molecule has 1 aromatic rings. The Morgan fingerprint density at radius 3 is 2.58 bits per heavy atom. The van der Waals surface area contributed by atoms with Gasteiger partial charge in [0.05, 0.1) is 5.69 Å². The number of nitrogens with zero attached hydrogens (tertiary/aromatic N) is 1. The quantitative estimate of drug-likeness (QED) is 0.894. The third kappa shape index (κ3) is 3.76. The summed E-state index contributed by atoms with van der Waals surface area (Å²) in [6.45, 7) is 3.22. The van der Waals surface area contributed by atoms with E-state index in [-0.39, 0.29) is 17.9 Å². The molecule has 0 atom stereocenters. The number of rotatable bonds is 3. The molecule has 6 heteroatoms. The van der Waals surface area contributed by atoms with Gasteiger partial charge in [0.1, 0.15) is 4.88 Å². The van der Waals surface area contributed by atoms with Crippen molar-refractivity contribution in [2.24, 2.45) is 0 Å². The maximum atomic E-state index is 12.2. The lowest BCUT2D eigenvalue weighted by Gasteiger charge is -2.22. The van der Waals surface area contributed by atoms with Crippen LogP contribution in [-0.4, -0.2) is 22.8 Å². The molecule has 2 N–H and O–H groups in total. The van der Waals surface area contributed by atoms with Crippen LogP contribution in [0.2, 0.25) is 0 Å². The molecule has 0 aliphatic heterocycles. The predicted octanol–water partition coefficient (Wildman–Crippen LogP) is 2.47. The van der Waals surface area contributed by atoms with Crippen molar-refractivity contribution in [1.82, 2.24) is 10.3 Å². The monoisotopic (exact) mass is 281 g/mol.